The predicted octanol–water partition coefficient (Wildman–Crippen LogP) is 2.58. The lowest BCUT2D eigenvalue weighted by molar-refractivity contribution is 0.000848. The molecule has 0 aromatic carbocycles. The standard InChI is InChI=1S/C13H19Cl2NO4/c1-17-2-3-18-4-5-19-6-7-20-10-11-9-16-13(15)8-12(11)14/h8-9H,2-7,10H2,1H3. The zero-order chi connectivity index (χ0) is 14.6. The molecule has 0 atom stereocenters. The lowest BCUT2D eigenvalue weighted by Gasteiger charge is -2.07. The van der Waals surface area contributed by atoms with Crippen LogP contribution in [0.2, 0.25) is 10.2 Å². The summed E-state index contributed by atoms with van der Waals surface area (Å²) in [5.41, 5.74) is 0.805. The summed E-state index contributed by atoms with van der Waals surface area (Å²) >= 11 is 11.7. The first-order chi connectivity index (χ1) is 9.74. The van der Waals surface area contributed by atoms with Crippen LogP contribution in [0.3, 0.4) is 0 Å². The molecule has 0 N–H and O–H groups in total. The van der Waals surface area contributed by atoms with Gasteiger partial charge in [-0.05, 0) is 6.07 Å². The van der Waals surface area contributed by atoms with E-state index in [1.807, 2.05) is 0 Å². The van der Waals surface area contributed by atoms with E-state index in [-0.39, 0.29) is 0 Å². The molecule has 0 bridgehead atoms. The van der Waals surface area contributed by atoms with E-state index in [9.17, 15) is 0 Å². The summed E-state index contributed by atoms with van der Waals surface area (Å²) < 4.78 is 20.9. The molecule has 0 aliphatic rings. The normalized spacial score (nSPS) is 10.9. The third kappa shape index (κ3) is 7.99. The van der Waals surface area contributed by atoms with Crippen molar-refractivity contribution in [1.82, 2.24) is 4.98 Å². The van der Waals surface area contributed by atoms with E-state index < -0.39 is 0 Å². The lowest BCUT2D eigenvalue weighted by atomic mass is 10.3. The molecule has 0 unspecified atom stereocenters. The highest BCUT2D eigenvalue weighted by Gasteiger charge is 2.02. The number of halogens is 2. The van der Waals surface area contributed by atoms with Crippen molar-refractivity contribution >= 4 is 23.2 Å². The molecule has 0 amide bonds. The Morgan fingerprint density at radius 2 is 1.55 bits per heavy atom. The second kappa shape index (κ2) is 11.3. The summed E-state index contributed by atoms with van der Waals surface area (Å²) in [7, 11) is 1.64. The Bertz CT molecular complexity index is 379. The van der Waals surface area contributed by atoms with Gasteiger partial charge in [-0.15, -0.1) is 0 Å². The van der Waals surface area contributed by atoms with Crippen LogP contribution >= 0.6 is 23.2 Å². The first-order valence-corrected chi connectivity index (χ1v) is 7.01. The quantitative estimate of drug-likeness (QED) is 0.462. The van der Waals surface area contributed by atoms with Gasteiger partial charge >= 0.3 is 0 Å². The number of pyridine rings is 1. The maximum atomic E-state index is 5.99. The van der Waals surface area contributed by atoms with Crippen molar-refractivity contribution in [3.8, 4) is 0 Å². The number of nitrogens with zero attached hydrogens (tertiary/aromatic N) is 1. The highest BCUT2D eigenvalue weighted by atomic mass is 35.5. The first-order valence-electron chi connectivity index (χ1n) is 6.26. The second-order valence-corrected chi connectivity index (χ2v) is 4.66. The van der Waals surface area contributed by atoms with Crippen molar-refractivity contribution in [1.29, 1.82) is 0 Å². The Balaban J connectivity index is 1.97. The molecule has 0 fully saturated rings. The molecular weight excluding hydrogens is 305 g/mol. The van der Waals surface area contributed by atoms with Gasteiger partial charge in [0.2, 0.25) is 0 Å². The Labute approximate surface area is 129 Å². The second-order valence-electron chi connectivity index (χ2n) is 3.87. The predicted molar refractivity (Wildman–Crippen MR) is 77.4 cm³/mol. The average Bonchev–Trinajstić information content (AvgIpc) is 2.43. The van der Waals surface area contributed by atoms with E-state index in [4.69, 9.17) is 42.1 Å². The van der Waals surface area contributed by atoms with E-state index in [2.05, 4.69) is 4.98 Å². The maximum Gasteiger partial charge on any atom is 0.130 e. The summed E-state index contributed by atoms with van der Waals surface area (Å²) in [6.45, 7) is 3.64. The highest BCUT2D eigenvalue weighted by molar-refractivity contribution is 6.34. The van der Waals surface area contributed by atoms with Crippen molar-refractivity contribution in [3.63, 3.8) is 0 Å². The molecule has 1 rings (SSSR count). The smallest absolute Gasteiger partial charge is 0.130 e. The van der Waals surface area contributed by atoms with Crippen molar-refractivity contribution in [2.45, 2.75) is 6.61 Å². The van der Waals surface area contributed by atoms with Crippen LogP contribution in [0.4, 0.5) is 0 Å². The number of hydrogen-bond donors (Lipinski definition) is 0. The zero-order valence-corrected chi connectivity index (χ0v) is 13.0. The summed E-state index contributed by atoms with van der Waals surface area (Å²) in [6.07, 6.45) is 1.61. The van der Waals surface area contributed by atoms with Crippen LogP contribution in [0.5, 0.6) is 0 Å². The summed E-state index contributed by atoms with van der Waals surface area (Å²) in [6, 6.07) is 1.59. The van der Waals surface area contributed by atoms with Crippen LogP contribution in [0, 0.1) is 0 Å². The van der Waals surface area contributed by atoms with E-state index in [1.54, 1.807) is 19.4 Å². The molecule has 1 heterocycles. The van der Waals surface area contributed by atoms with Gasteiger partial charge in [0, 0.05) is 18.9 Å². The third-order valence-corrected chi connectivity index (χ3v) is 2.89. The molecule has 114 valence electrons. The topological polar surface area (TPSA) is 49.8 Å². The van der Waals surface area contributed by atoms with Crippen LogP contribution in [0.25, 0.3) is 0 Å². The lowest BCUT2D eigenvalue weighted by Crippen LogP contribution is -2.11. The van der Waals surface area contributed by atoms with Gasteiger partial charge in [0.15, 0.2) is 0 Å². The monoisotopic (exact) mass is 323 g/mol. The molecule has 20 heavy (non-hydrogen) atoms. The highest BCUT2D eigenvalue weighted by Crippen LogP contribution is 2.19. The minimum Gasteiger partial charge on any atom is -0.382 e. The molecular formula is C13H19Cl2NO4. The van der Waals surface area contributed by atoms with Gasteiger partial charge in [-0.1, -0.05) is 23.2 Å². The van der Waals surface area contributed by atoms with Crippen molar-refractivity contribution < 1.29 is 18.9 Å². The molecule has 0 spiro atoms. The molecule has 0 aliphatic carbocycles. The molecule has 1 aromatic rings. The van der Waals surface area contributed by atoms with E-state index in [0.29, 0.717) is 56.4 Å². The molecule has 0 saturated carbocycles. The fourth-order valence-corrected chi connectivity index (χ4v) is 1.73. The summed E-state index contributed by atoms with van der Waals surface area (Å²) in [5, 5.41) is 0.924. The Morgan fingerprint density at radius 1 is 0.950 bits per heavy atom. The number of rotatable bonds is 11. The molecule has 5 nitrogen and oxygen atoms in total. The van der Waals surface area contributed by atoms with Gasteiger partial charge in [-0.3, -0.25) is 0 Å². The first kappa shape index (κ1) is 17.6. The van der Waals surface area contributed by atoms with Crippen LogP contribution in [-0.4, -0.2) is 51.7 Å². The third-order valence-electron chi connectivity index (χ3n) is 2.33. The van der Waals surface area contributed by atoms with Gasteiger partial charge in [0.25, 0.3) is 0 Å². The minimum absolute atomic E-state index is 0.371. The number of aromatic nitrogens is 1. The molecule has 0 radical (unpaired) electrons. The maximum absolute atomic E-state index is 5.99. The molecule has 7 heteroatoms. The van der Waals surface area contributed by atoms with Crippen molar-refractivity contribution in [3.05, 3.63) is 28.0 Å². The number of hydrogen-bond acceptors (Lipinski definition) is 5. The van der Waals surface area contributed by atoms with Gasteiger partial charge in [0.1, 0.15) is 5.15 Å². The Kier molecular flexibility index (Phi) is 9.92. The zero-order valence-electron chi connectivity index (χ0n) is 11.4. The van der Waals surface area contributed by atoms with Crippen molar-refractivity contribution in [2.75, 3.05) is 46.8 Å². The SMILES string of the molecule is COCCOCCOCCOCc1cnc(Cl)cc1Cl. The average molecular weight is 324 g/mol. The van der Waals surface area contributed by atoms with Gasteiger partial charge in [0.05, 0.1) is 51.3 Å². The van der Waals surface area contributed by atoms with Gasteiger partial charge in [-0.2, -0.15) is 0 Å². The van der Waals surface area contributed by atoms with E-state index in [1.165, 1.54) is 0 Å². The fraction of sp³-hybridized carbons (Fsp3) is 0.615. The molecule has 0 aliphatic heterocycles. The summed E-state index contributed by atoms with van der Waals surface area (Å²) in [5.74, 6) is 0. The van der Waals surface area contributed by atoms with Crippen LogP contribution in [0.15, 0.2) is 12.3 Å². The largest absolute Gasteiger partial charge is 0.382 e. The van der Waals surface area contributed by atoms with Crippen molar-refractivity contribution in [2.24, 2.45) is 0 Å². The van der Waals surface area contributed by atoms with Crippen LogP contribution < -0.4 is 0 Å². The van der Waals surface area contributed by atoms with Gasteiger partial charge in [-0.25, -0.2) is 4.98 Å². The minimum atomic E-state index is 0.371. The van der Waals surface area contributed by atoms with Crippen LogP contribution in [-0.2, 0) is 25.6 Å². The van der Waals surface area contributed by atoms with Crippen LogP contribution in [0.1, 0.15) is 5.56 Å². The summed E-state index contributed by atoms with van der Waals surface area (Å²) in [4.78, 5) is 3.95. The Morgan fingerprint density at radius 3 is 2.15 bits per heavy atom. The van der Waals surface area contributed by atoms with Gasteiger partial charge < -0.3 is 18.9 Å². The van der Waals surface area contributed by atoms with E-state index >= 15 is 0 Å². The fourth-order valence-electron chi connectivity index (χ4n) is 1.31. The number of methoxy groups -OCH3 is 1. The molecule has 1 aromatic heterocycles. The number of ether oxygens (including phenoxy) is 4. The Hall–Kier alpha value is -0.430. The molecule has 0 saturated heterocycles. The van der Waals surface area contributed by atoms with E-state index in [0.717, 1.165) is 5.56 Å².